The average Bonchev–Trinajstić information content (AvgIpc) is 3.07. The molecular weight excluding hydrogens is 306 g/mol. The maximum atomic E-state index is 4.75. The second-order valence-electron chi connectivity index (χ2n) is 6.63. The van der Waals surface area contributed by atoms with E-state index in [1.807, 2.05) is 0 Å². The van der Waals surface area contributed by atoms with Crippen LogP contribution in [-0.2, 0) is 0 Å². The SMILES string of the molecule is CCNC(=NCC1CCCS1)NCCCCN1CCN(C)CC1. The molecule has 0 radical (unpaired) electrons. The first-order valence-electron chi connectivity index (χ1n) is 9.32. The van der Waals surface area contributed by atoms with Gasteiger partial charge in [0.05, 0.1) is 6.54 Å². The molecule has 23 heavy (non-hydrogen) atoms. The van der Waals surface area contributed by atoms with Crippen molar-refractivity contribution in [3.05, 3.63) is 0 Å². The van der Waals surface area contributed by atoms with Gasteiger partial charge in [-0.15, -0.1) is 0 Å². The van der Waals surface area contributed by atoms with Crippen molar-refractivity contribution in [2.24, 2.45) is 4.99 Å². The Kier molecular flexibility index (Phi) is 9.15. The lowest BCUT2D eigenvalue weighted by Gasteiger charge is -2.32. The normalized spacial score (nSPS) is 24.1. The van der Waals surface area contributed by atoms with E-state index in [9.17, 15) is 0 Å². The minimum absolute atomic E-state index is 0.739. The number of nitrogens with one attached hydrogen (secondary N) is 2. The van der Waals surface area contributed by atoms with E-state index in [0.717, 1.165) is 30.8 Å². The Hall–Kier alpha value is -0.460. The van der Waals surface area contributed by atoms with Gasteiger partial charge in [0.2, 0.25) is 0 Å². The Labute approximate surface area is 146 Å². The number of aliphatic imine (C=N–C) groups is 1. The van der Waals surface area contributed by atoms with Gasteiger partial charge < -0.3 is 20.4 Å². The van der Waals surface area contributed by atoms with Crippen molar-refractivity contribution in [3.8, 4) is 0 Å². The van der Waals surface area contributed by atoms with Crippen molar-refractivity contribution < 1.29 is 0 Å². The van der Waals surface area contributed by atoms with Gasteiger partial charge in [0.15, 0.2) is 5.96 Å². The molecule has 0 aromatic carbocycles. The van der Waals surface area contributed by atoms with E-state index in [4.69, 9.17) is 4.99 Å². The van der Waals surface area contributed by atoms with Crippen molar-refractivity contribution in [2.45, 2.75) is 37.9 Å². The number of nitrogens with zero attached hydrogens (tertiary/aromatic N) is 3. The lowest BCUT2D eigenvalue weighted by atomic mass is 10.2. The maximum absolute atomic E-state index is 4.75. The molecule has 2 aliphatic heterocycles. The summed E-state index contributed by atoms with van der Waals surface area (Å²) in [7, 11) is 2.22. The Morgan fingerprint density at radius 2 is 2.00 bits per heavy atom. The molecule has 0 amide bonds. The van der Waals surface area contributed by atoms with Gasteiger partial charge in [0.1, 0.15) is 0 Å². The molecule has 2 saturated heterocycles. The van der Waals surface area contributed by atoms with Crippen molar-refractivity contribution in [1.82, 2.24) is 20.4 Å². The molecule has 0 saturated carbocycles. The van der Waals surface area contributed by atoms with Crippen LogP contribution in [0.3, 0.4) is 0 Å². The summed E-state index contributed by atoms with van der Waals surface area (Å²) in [4.78, 5) is 9.76. The van der Waals surface area contributed by atoms with E-state index >= 15 is 0 Å². The molecule has 1 unspecified atom stereocenters. The van der Waals surface area contributed by atoms with Gasteiger partial charge in [-0.2, -0.15) is 11.8 Å². The number of guanidine groups is 1. The highest BCUT2D eigenvalue weighted by Crippen LogP contribution is 2.25. The third-order valence-electron chi connectivity index (χ3n) is 4.61. The van der Waals surface area contributed by atoms with Crippen LogP contribution in [0.5, 0.6) is 0 Å². The zero-order chi connectivity index (χ0) is 16.3. The number of likely N-dealkylation sites (N-methyl/N-ethyl adjacent to an activating group) is 1. The van der Waals surface area contributed by atoms with Crippen LogP contribution in [0.25, 0.3) is 0 Å². The van der Waals surface area contributed by atoms with Gasteiger partial charge in [0, 0.05) is 44.5 Å². The number of rotatable bonds is 8. The molecule has 5 nitrogen and oxygen atoms in total. The molecule has 2 rings (SSSR count). The summed E-state index contributed by atoms with van der Waals surface area (Å²) >= 11 is 2.08. The molecule has 0 spiro atoms. The molecular formula is C17H35N5S. The summed E-state index contributed by atoms with van der Waals surface area (Å²) in [5.74, 6) is 2.32. The Bertz CT molecular complexity index is 336. The van der Waals surface area contributed by atoms with Gasteiger partial charge in [-0.25, -0.2) is 0 Å². The van der Waals surface area contributed by atoms with E-state index in [1.165, 1.54) is 64.2 Å². The highest BCUT2D eigenvalue weighted by molar-refractivity contribution is 8.00. The summed E-state index contributed by atoms with van der Waals surface area (Å²) in [5, 5.41) is 7.60. The van der Waals surface area contributed by atoms with Crippen LogP contribution in [0, 0.1) is 0 Å². The number of thioether (sulfide) groups is 1. The zero-order valence-corrected chi connectivity index (χ0v) is 15.8. The van der Waals surface area contributed by atoms with E-state index in [0.29, 0.717) is 0 Å². The maximum Gasteiger partial charge on any atom is 0.191 e. The highest BCUT2D eigenvalue weighted by Gasteiger charge is 2.15. The first-order chi connectivity index (χ1) is 11.3. The van der Waals surface area contributed by atoms with Crippen LogP contribution in [-0.4, -0.2) is 86.2 Å². The average molecular weight is 342 g/mol. The lowest BCUT2D eigenvalue weighted by Crippen LogP contribution is -2.44. The molecule has 2 aliphatic rings. The lowest BCUT2D eigenvalue weighted by molar-refractivity contribution is 0.152. The first-order valence-corrected chi connectivity index (χ1v) is 10.4. The summed E-state index contributed by atoms with van der Waals surface area (Å²) in [6, 6.07) is 0. The first kappa shape index (κ1) is 18.9. The topological polar surface area (TPSA) is 42.9 Å². The van der Waals surface area contributed by atoms with Crippen LogP contribution < -0.4 is 10.6 Å². The van der Waals surface area contributed by atoms with Crippen molar-refractivity contribution in [2.75, 3.05) is 65.2 Å². The van der Waals surface area contributed by atoms with Crippen LogP contribution in [0.1, 0.15) is 32.6 Å². The molecule has 2 N–H and O–H groups in total. The minimum atomic E-state index is 0.739. The zero-order valence-electron chi connectivity index (χ0n) is 15.0. The van der Waals surface area contributed by atoms with E-state index in [-0.39, 0.29) is 0 Å². The Balaban J connectivity index is 1.55. The Morgan fingerprint density at radius 3 is 2.70 bits per heavy atom. The molecule has 0 aromatic rings. The summed E-state index contributed by atoms with van der Waals surface area (Å²) in [6.45, 7) is 11.2. The van der Waals surface area contributed by atoms with Crippen LogP contribution in [0.15, 0.2) is 4.99 Å². The molecule has 2 heterocycles. The fourth-order valence-electron chi connectivity index (χ4n) is 3.06. The number of hydrogen-bond donors (Lipinski definition) is 2. The molecule has 134 valence electrons. The highest BCUT2D eigenvalue weighted by atomic mass is 32.2. The number of piperazine rings is 1. The molecule has 0 aliphatic carbocycles. The molecule has 0 bridgehead atoms. The van der Waals surface area contributed by atoms with Crippen LogP contribution >= 0.6 is 11.8 Å². The molecule has 0 aromatic heterocycles. The Morgan fingerprint density at radius 1 is 1.17 bits per heavy atom. The monoisotopic (exact) mass is 341 g/mol. The van der Waals surface area contributed by atoms with E-state index in [1.54, 1.807) is 0 Å². The summed E-state index contributed by atoms with van der Waals surface area (Å²) in [6.07, 6.45) is 5.18. The van der Waals surface area contributed by atoms with Gasteiger partial charge in [-0.3, -0.25) is 4.99 Å². The largest absolute Gasteiger partial charge is 0.357 e. The van der Waals surface area contributed by atoms with Gasteiger partial charge >= 0.3 is 0 Å². The van der Waals surface area contributed by atoms with Crippen molar-refractivity contribution in [1.29, 1.82) is 0 Å². The van der Waals surface area contributed by atoms with Crippen molar-refractivity contribution >= 4 is 17.7 Å². The second kappa shape index (κ2) is 11.2. The quantitative estimate of drug-likeness (QED) is 0.398. The van der Waals surface area contributed by atoms with Crippen LogP contribution in [0.4, 0.5) is 0 Å². The van der Waals surface area contributed by atoms with Gasteiger partial charge in [0.25, 0.3) is 0 Å². The van der Waals surface area contributed by atoms with E-state index in [2.05, 4.69) is 46.2 Å². The smallest absolute Gasteiger partial charge is 0.191 e. The standard InChI is InChI=1S/C17H35N5S/c1-3-18-17(20-15-16-7-6-14-23-16)19-8-4-5-9-22-12-10-21(2)11-13-22/h16H,3-15H2,1-2H3,(H2,18,19,20). The summed E-state index contributed by atoms with van der Waals surface area (Å²) in [5.41, 5.74) is 0. The molecule has 2 fully saturated rings. The minimum Gasteiger partial charge on any atom is -0.357 e. The number of hydrogen-bond acceptors (Lipinski definition) is 4. The fraction of sp³-hybridized carbons (Fsp3) is 0.941. The fourth-order valence-corrected chi connectivity index (χ4v) is 4.24. The van der Waals surface area contributed by atoms with Crippen molar-refractivity contribution in [3.63, 3.8) is 0 Å². The third-order valence-corrected chi connectivity index (χ3v) is 5.99. The van der Waals surface area contributed by atoms with Gasteiger partial charge in [-0.1, -0.05) is 0 Å². The second-order valence-corrected chi connectivity index (χ2v) is 8.04. The third kappa shape index (κ3) is 7.77. The predicted octanol–water partition coefficient (Wildman–Crippen LogP) is 1.46. The van der Waals surface area contributed by atoms with Gasteiger partial charge in [-0.05, 0) is 52.0 Å². The van der Waals surface area contributed by atoms with Crippen LogP contribution in [0.2, 0.25) is 0 Å². The molecule has 1 atom stereocenters. The number of unbranched alkanes of at least 4 members (excludes halogenated alkanes) is 1. The molecule has 6 heteroatoms. The summed E-state index contributed by atoms with van der Waals surface area (Å²) < 4.78 is 0. The predicted molar refractivity (Wildman–Crippen MR) is 103 cm³/mol. The van der Waals surface area contributed by atoms with E-state index < -0.39 is 0 Å².